The first-order valence-electron chi connectivity index (χ1n) is 6.27. The van der Waals surface area contributed by atoms with Gasteiger partial charge in [0.05, 0.1) is 0 Å². The summed E-state index contributed by atoms with van der Waals surface area (Å²) >= 11 is 3.36. The lowest BCUT2D eigenvalue weighted by atomic mass is 10.1. The van der Waals surface area contributed by atoms with Crippen molar-refractivity contribution < 1.29 is 4.39 Å². The molecular formula is C15H14BrFN2. The molecule has 0 aliphatic carbocycles. The van der Waals surface area contributed by atoms with Crippen LogP contribution in [0.3, 0.4) is 0 Å². The maximum atomic E-state index is 13.0. The van der Waals surface area contributed by atoms with E-state index in [9.17, 15) is 4.39 Å². The van der Waals surface area contributed by atoms with E-state index in [1.165, 1.54) is 28.9 Å². The molecule has 0 bridgehead atoms. The number of para-hydroxylation sites is 1. The quantitative estimate of drug-likeness (QED) is 0.887. The topological polar surface area (TPSA) is 24.1 Å². The highest BCUT2D eigenvalue weighted by atomic mass is 79.9. The van der Waals surface area contributed by atoms with Gasteiger partial charge in [0, 0.05) is 28.9 Å². The Kier molecular flexibility index (Phi) is 3.42. The predicted octanol–water partition coefficient (Wildman–Crippen LogP) is 4.17. The summed E-state index contributed by atoms with van der Waals surface area (Å²) in [5.41, 5.74) is 4.76. The second kappa shape index (κ2) is 5.21. The average Bonchev–Trinajstić information content (AvgIpc) is 2.86. The third-order valence-electron chi connectivity index (χ3n) is 3.33. The van der Waals surface area contributed by atoms with Gasteiger partial charge in [-0.05, 0) is 51.7 Å². The first-order valence-corrected chi connectivity index (χ1v) is 7.07. The van der Waals surface area contributed by atoms with Gasteiger partial charge >= 0.3 is 0 Å². The fourth-order valence-corrected chi connectivity index (χ4v) is 2.87. The lowest BCUT2D eigenvalue weighted by Crippen LogP contribution is -2.03. The first kappa shape index (κ1) is 12.5. The monoisotopic (exact) mass is 320 g/mol. The van der Waals surface area contributed by atoms with Crippen molar-refractivity contribution in [3.63, 3.8) is 0 Å². The molecule has 0 unspecified atom stereocenters. The Labute approximate surface area is 120 Å². The summed E-state index contributed by atoms with van der Waals surface area (Å²) in [6, 6.07) is 11.0. The molecule has 98 valence electrons. The Morgan fingerprint density at radius 2 is 2.16 bits per heavy atom. The summed E-state index contributed by atoms with van der Waals surface area (Å²) in [6.45, 7) is 1.73. The van der Waals surface area contributed by atoms with Gasteiger partial charge < -0.3 is 10.6 Å². The standard InChI is InChI=1S/C15H14BrFN2/c16-13-8-12(17)4-5-14(13)19-9-11-3-1-2-10-6-7-18-15(10)11/h1-5,8,18-19H,6-7,9H2. The van der Waals surface area contributed by atoms with Crippen LogP contribution in [0, 0.1) is 5.82 Å². The summed E-state index contributed by atoms with van der Waals surface area (Å²) in [4.78, 5) is 0. The van der Waals surface area contributed by atoms with Gasteiger partial charge in [-0.25, -0.2) is 4.39 Å². The fourth-order valence-electron chi connectivity index (χ4n) is 2.38. The molecule has 2 aromatic carbocycles. The lowest BCUT2D eigenvalue weighted by molar-refractivity contribution is 0.627. The number of anilines is 2. The smallest absolute Gasteiger partial charge is 0.124 e. The number of hydrogen-bond acceptors (Lipinski definition) is 2. The maximum Gasteiger partial charge on any atom is 0.124 e. The minimum atomic E-state index is -0.236. The van der Waals surface area contributed by atoms with Crippen molar-refractivity contribution in [1.82, 2.24) is 0 Å². The van der Waals surface area contributed by atoms with Crippen molar-refractivity contribution >= 4 is 27.3 Å². The van der Waals surface area contributed by atoms with Crippen LogP contribution >= 0.6 is 15.9 Å². The molecule has 0 aromatic heterocycles. The average molecular weight is 321 g/mol. The molecule has 2 N–H and O–H groups in total. The zero-order valence-electron chi connectivity index (χ0n) is 10.3. The number of fused-ring (bicyclic) bond motifs is 1. The molecule has 0 saturated heterocycles. The molecule has 4 heteroatoms. The van der Waals surface area contributed by atoms with Crippen LogP contribution in [0.1, 0.15) is 11.1 Å². The fraction of sp³-hybridized carbons (Fsp3) is 0.200. The molecule has 0 atom stereocenters. The van der Waals surface area contributed by atoms with Crippen LogP contribution in [-0.4, -0.2) is 6.54 Å². The third-order valence-corrected chi connectivity index (χ3v) is 3.99. The molecular weight excluding hydrogens is 307 g/mol. The summed E-state index contributed by atoms with van der Waals surface area (Å²) in [7, 11) is 0. The minimum absolute atomic E-state index is 0.236. The largest absolute Gasteiger partial charge is 0.384 e. The predicted molar refractivity (Wildman–Crippen MR) is 80.1 cm³/mol. The highest BCUT2D eigenvalue weighted by Gasteiger charge is 2.13. The van der Waals surface area contributed by atoms with Crippen LogP contribution in [-0.2, 0) is 13.0 Å². The molecule has 1 aliphatic rings. The molecule has 1 aliphatic heterocycles. The Bertz CT molecular complexity index is 613. The molecule has 3 rings (SSSR count). The third kappa shape index (κ3) is 2.59. The van der Waals surface area contributed by atoms with E-state index >= 15 is 0 Å². The highest BCUT2D eigenvalue weighted by molar-refractivity contribution is 9.10. The van der Waals surface area contributed by atoms with Crippen molar-refractivity contribution in [3.05, 3.63) is 57.8 Å². The zero-order valence-corrected chi connectivity index (χ0v) is 11.9. The van der Waals surface area contributed by atoms with Gasteiger partial charge in [-0.3, -0.25) is 0 Å². The molecule has 1 heterocycles. The van der Waals surface area contributed by atoms with Crippen LogP contribution in [0.5, 0.6) is 0 Å². The first-order chi connectivity index (χ1) is 9.24. The summed E-state index contributed by atoms with van der Waals surface area (Å²) in [5.74, 6) is -0.236. The van der Waals surface area contributed by atoms with E-state index in [2.05, 4.69) is 44.8 Å². The number of hydrogen-bond donors (Lipinski definition) is 2. The van der Waals surface area contributed by atoms with Crippen molar-refractivity contribution in [3.8, 4) is 0 Å². The number of rotatable bonds is 3. The summed E-state index contributed by atoms with van der Waals surface area (Å²) < 4.78 is 13.8. The van der Waals surface area contributed by atoms with Crippen LogP contribution in [0.25, 0.3) is 0 Å². The van der Waals surface area contributed by atoms with E-state index < -0.39 is 0 Å². The lowest BCUT2D eigenvalue weighted by Gasteiger charge is -2.12. The van der Waals surface area contributed by atoms with Gasteiger partial charge in [-0.1, -0.05) is 18.2 Å². The van der Waals surface area contributed by atoms with E-state index in [1.807, 2.05) is 0 Å². The Morgan fingerprint density at radius 1 is 1.26 bits per heavy atom. The highest BCUT2D eigenvalue weighted by Crippen LogP contribution is 2.28. The van der Waals surface area contributed by atoms with E-state index in [0.717, 1.165) is 29.7 Å². The van der Waals surface area contributed by atoms with Gasteiger partial charge in [0.2, 0.25) is 0 Å². The summed E-state index contributed by atoms with van der Waals surface area (Å²) in [5, 5.41) is 6.75. The molecule has 2 nitrogen and oxygen atoms in total. The molecule has 2 aromatic rings. The van der Waals surface area contributed by atoms with Crippen molar-refractivity contribution in [1.29, 1.82) is 0 Å². The van der Waals surface area contributed by atoms with Crippen molar-refractivity contribution in [2.45, 2.75) is 13.0 Å². The zero-order chi connectivity index (χ0) is 13.2. The molecule has 0 spiro atoms. The van der Waals surface area contributed by atoms with Crippen molar-refractivity contribution in [2.24, 2.45) is 0 Å². The number of halogens is 2. The van der Waals surface area contributed by atoms with E-state index in [0.29, 0.717) is 0 Å². The Morgan fingerprint density at radius 3 is 3.00 bits per heavy atom. The van der Waals surface area contributed by atoms with Gasteiger partial charge in [0.25, 0.3) is 0 Å². The molecule has 0 amide bonds. The number of benzene rings is 2. The van der Waals surface area contributed by atoms with Gasteiger partial charge in [0.1, 0.15) is 5.82 Å². The van der Waals surface area contributed by atoms with Gasteiger partial charge in [-0.15, -0.1) is 0 Å². The normalized spacial score (nSPS) is 12.9. The van der Waals surface area contributed by atoms with Gasteiger partial charge in [-0.2, -0.15) is 0 Å². The van der Waals surface area contributed by atoms with Gasteiger partial charge in [0.15, 0.2) is 0 Å². The minimum Gasteiger partial charge on any atom is -0.384 e. The van der Waals surface area contributed by atoms with Crippen LogP contribution in [0.4, 0.5) is 15.8 Å². The van der Waals surface area contributed by atoms with Crippen LogP contribution in [0.15, 0.2) is 40.9 Å². The Balaban J connectivity index is 1.78. The molecule has 0 saturated carbocycles. The SMILES string of the molecule is Fc1ccc(NCc2cccc3c2NCC3)c(Br)c1. The second-order valence-electron chi connectivity index (χ2n) is 4.61. The van der Waals surface area contributed by atoms with E-state index in [1.54, 1.807) is 6.07 Å². The van der Waals surface area contributed by atoms with Crippen LogP contribution in [0.2, 0.25) is 0 Å². The van der Waals surface area contributed by atoms with E-state index in [-0.39, 0.29) is 5.82 Å². The number of nitrogens with one attached hydrogen (secondary N) is 2. The second-order valence-corrected chi connectivity index (χ2v) is 5.46. The van der Waals surface area contributed by atoms with E-state index in [4.69, 9.17) is 0 Å². The molecule has 0 radical (unpaired) electrons. The Hall–Kier alpha value is -1.55. The maximum absolute atomic E-state index is 13.0. The molecule has 19 heavy (non-hydrogen) atoms. The van der Waals surface area contributed by atoms with Crippen molar-refractivity contribution in [2.75, 3.05) is 17.2 Å². The molecule has 0 fully saturated rings. The summed E-state index contributed by atoms with van der Waals surface area (Å²) in [6.07, 6.45) is 1.09. The van der Waals surface area contributed by atoms with Crippen LogP contribution < -0.4 is 10.6 Å².